The summed E-state index contributed by atoms with van der Waals surface area (Å²) in [7, 11) is -9.52. The zero-order valence-corrected chi connectivity index (χ0v) is 26.9. The fourth-order valence-electron chi connectivity index (χ4n) is 3.90. The number of aromatic nitrogens is 2. The molecule has 4 rings (SSSR count). The number of rotatable bonds is 14. The van der Waals surface area contributed by atoms with Crippen molar-refractivity contribution in [3.63, 3.8) is 0 Å². The fourth-order valence-corrected chi connectivity index (χ4v) is 5.82. The first kappa shape index (κ1) is 36.1. The molecule has 0 radical (unpaired) electrons. The summed E-state index contributed by atoms with van der Waals surface area (Å²) < 4.78 is 87.3. The van der Waals surface area contributed by atoms with Crippen molar-refractivity contribution >= 4 is 67.9 Å². The molecule has 0 atom stereocenters. The smallest absolute Gasteiger partial charge is 0.294 e. The zero-order chi connectivity index (χ0) is 34.5. The van der Waals surface area contributed by atoms with E-state index in [1.165, 1.54) is 0 Å². The fraction of sp³-hybridized carbons (Fsp3) is 0.174. The lowest BCUT2D eigenvalue weighted by Gasteiger charge is -2.15. The second-order valence-corrected chi connectivity index (χ2v) is 12.9. The number of anilines is 1. The van der Waals surface area contributed by atoms with Gasteiger partial charge in [0.2, 0.25) is 17.7 Å². The number of carbonyl (C=O) groups is 1. The van der Waals surface area contributed by atoms with Crippen molar-refractivity contribution in [2.24, 2.45) is 5.10 Å². The maximum absolute atomic E-state index is 13.8. The highest BCUT2D eigenvalue weighted by Gasteiger charge is 2.36. The van der Waals surface area contributed by atoms with Crippen LogP contribution in [0.25, 0.3) is 11.8 Å². The monoisotopic (exact) mass is 738 g/mol. The Morgan fingerprint density at radius 2 is 1.38 bits per heavy atom. The SMILES string of the molecule is CCOC1=NN(c2cc(S(=O)(=O)O)ccc2SOOO)C(=O)/C1=C\c1c(OCC)nn(-c2cc(S(=O)(=O)O)ccc2SOOO)c1O. The third-order valence-electron chi connectivity index (χ3n) is 5.78. The van der Waals surface area contributed by atoms with Crippen molar-refractivity contribution in [3.05, 3.63) is 47.5 Å². The molecule has 24 heteroatoms. The molecule has 47 heavy (non-hydrogen) atoms. The van der Waals surface area contributed by atoms with Gasteiger partial charge < -0.3 is 14.6 Å². The first-order valence-corrected chi connectivity index (χ1v) is 16.9. The molecule has 20 nitrogen and oxygen atoms in total. The van der Waals surface area contributed by atoms with Gasteiger partial charge in [-0.2, -0.15) is 26.5 Å². The van der Waals surface area contributed by atoms with Gasteiger partial charge in [-0.15, -0.1) is 18.9 Å². The lowest BCUT2D eigenvalue weighted by molar-refractivity contribution is -0.432. The number of hydrazone groups is 1. The molecule has 0 saturated carbocycles. The Morgan fingerprint density at radius 1 is 0.851 bits per heavy atom. The van der Waals surface area contributed by atoms with Crippen LogP contribution in [0, 0.1) is 0 Å². The topological polar surface area (TPSA) is 275 Å². The third kappa shape index (κ3) is 8.03. The van der Waals surface area contributed by atoms with Gasteiger partial charge in [0.1, 0.15) is 11.1 Å². The summed E-state index contributed by atoms with van der Waals surface area (Å²) in [6.45, 7) is 3.11. The minimum absolute atomic E-state index is 0.00371. The van der Waals surface area contributed by atoms with Crippen LogP contribution >= 0.6 is 24.1 Å². The lowest BCUT2D eigenvalue weighted by atomic mass is 10.1. The molecule has 2 heterocycles. The largest absolute Gasteiger partial charge is 0.493 e. The Balaban J connectivity index is 1.90. The number of nitrogens with zero attached hydrogens (tertiary/aromatic N) is 4. The molecule has 5 N–H and O–H groups in total. The van der Waals surface area contributed by atoms with Crippen LogP contribution in [0.5, 0.6) is 11.8 Å². The molecule has 2 aromatic carbocycles. The summed E-state index contributed by atoms with van der Waals surface area (Å²) in [6.07, 6.45) is 1.07. The van der Waals surface area contributed by atoms with E-state index in [2.05, 4.69) is 28.9 Å². The van der Waals surface area contributed by atoms with E-state index in [1.54, 1.807) is 13.8 Å². The highest BCUT2D eigenvalue weighted by Crippen LogP contribution is 2.40. The quantitative estimate of drug-likeness (QED) is 0.0522. The van der Waals surface area contributed by atoms with E-state index in [9.17, 15) is 35.8 Å². The van der Waals surface area contributed by atoms with Crippen LogP contribution < -0.4 is 9.75 Å². The van der Waals surface area contributed by atoms with Gasteiger partial charge in [0.15, 0.2) is 0 Å². The summed E-state index contributed by atoms with van der Waals surface area (Å²) >= 11 is 0.727. The number of ether oxygens (including phenoxy) is 2. The van der Waals surface area contributed by atoms with E-state index in [-0.39, 0.29) is 57.3 Å². The molecule has 0 unspecified atom stereocenters. The number of benzene rings is 2. The van der Waals surface area contributed by atoms with Crippen molar-refractivity contribution < 1.29 is 74.6 Å². The van der Waals surface area contributed by atoms with Gasteiger partial charge in [-0.25, -0.2) is 10.5 Å². The molecule has 1 aliphatic heterocycles. The van der Waals surface area contributed by atoms with Crippen LogP contribution in [0.15, 0.2) is 66.7 Å². The summed E-state index contributed by atoms with van der Waals surface area (Å²) in [5.74, 6) is -2.30. The Hall–Kier alpha value is -3.79. The first-order chi connectivity index (χ1) is 22.2. The molecule has 0 saturated heterocycles. The highest BCUT2D eigenvalue weighted by molar-refractivity contribution is 7.95. The van der Waals surface area contributed by atoms with Gasteiger partial charge in [0.25, 0.3) is 26.1 Å². The van der Waals surface area contributed by atoms with Gasteiger partial charge in [-0.05, 0) is 56.3 Å². The van der Waals surface area contributed by atoms with Crippen molar-refractivity contribution in [2.45, 2.75) is 33.4 Å². The minimum Gasteiger partial charge on any atom is -0.493 e. The summed E-state index contributed by atoms with van der Waals surface area (Å²) in [5, 5.41) is 44.7. The summed E-state index contributed by atoms with van der Waals surface area (Å²) in [6, 6.07) is 6.03. The lowest BCUT2D eigenvalue weighted by Crippen LogP contribution is -2.22. The zero-order valence-electron chi connectivity index (χ0n) is 23.6. The standard InChI is InChI=1S/C23H22N4O16S4/c1-3-38-20-14(22(28)26(24-20)16-9-12(46(32,33)34)5-7-18(16)44-42-40-30)11-15-21(39-4-2)25-27(23(15)29)17-10-13(47(35,36)37)6-8-19(17)45-43-41-31/h5-11,28,30-31H,3-4H2,1-2H3,(H,32,33,34)(H,35,36,37)/b15-11-. The molecule has 1 amide bonds. The second kappa shape index (κ2) is 15.0. The first-order valence-electron chi connectivity index (χ1n) is 12.5. The predicted octanol–water partition coefficient (Wildman–Crippen LogP) is 3.11. The van der Waals surface area contributed by atoms with E-state index >= 15 is 0 Å². The molecular formula is C23H22N4O16S4. The average molecular weight is 739 g/mol. The van der Waals surface area contributed by atoms with Crippen molar-refractivity contribution in [3.8, 4) is 17.4 Å². The van der Waals surface area contributed by atoms with Gasteiger partial charge >= 0.3 is 0 Å². The van der Waals surface area contributed by atoms with E-state index in [4.69, 9.17) is 20.0 Å². The Labute approximate surface area is 273 Å². The number of amides is 1. The molecule has 1 aliphatic rings. The maximum atomic E-state index is 13.8. The van der Waals surface area contributed by atoms with E-state index in [0.29, 0.717) is 29.1 Å². The van der Waals surface area contributed by atoms with E-state index in [0.717, 1.165) is 47.2 Å². The Morgan fingerprint density at radius 3 is 1.89 bits per heavy atom. The maximum Gasteiger partial charge on any atom is 0.294 e. The number of hydrogen-bond acceptors (Lipinski definition) is 18. The number of carbonyl (C=O) groups excluding carboxylic acids is 1. The van der Waals surface area contributed by atoms with Gasteiger partial charge in [0, 0.05) is 0 Å². The number of aromatic hydroxyl groups is 1. The predicted molar refractivity (Wildman–Crippen MR) is 158 cm³/mol. The number of hydrogen-bond donors (Lipinski definition) is 5. The van der Waals surface area contributed by atoms with Gasteiger partial charge in [0.05, 0.1) is 68.3 Å². The van der Waals surface area contributed by atoms with Gasteiger partial charge in [-0.1, -0.05) is 10.1 Å². The molecule has 0 fully saturated rings. The van der Waals surface area contributed by atoms with Crippen molar-refractivity contribution in [1.82, 2.24) is 9.78 Å². The van der Waals surface area contributed by atoms with Gasteiger partial charge in [-0.3, -0.25) is 13.9 Å². The van der Waals surface area contributed by atoms with Crippen molar-refractivity contribution in [1.29, 1.82) is 0 Å². The summed E-state index contributed by atoms with van der Waals surface area (Å²) in [5.41, 5.74) is -1.07. The molecular weight excluding hydrogens is 717 g/mol. The minimum atomic E-state index is -4.77. The van der Waals surface area contributed by atoms with Crippen LogP contribution in [0.2, 0.25) is 0 Å². The second-order valence-electron chi connectivity index (χ2n) is 8.56. The normalized spacial score (nSPS) is 14.6. The Kier molecular flexibility index (Phi) is 11.5. The molecule has 1 aromatic heterocycles. The average Bonchev–Trinajstić information content (AvgIpc) is 3.49. The third-order valence-corrected chi connectivity index (χ3v) is 8.79. The van der Waals surface area contributed by atoms with Crippen LogP contribution in [0.4, 0.5) is 5.69 Å². The van der Waals surface area contributed by atoms with E-state index in [1.807, 2.05) is 0 Å². The molecule has 0 bridgehead atoms. The van der Waals surface area contributed by atoms with Crippen LogP contribution in [0.1, 0.15) is 19.4 Å². The van der Waals surface area contributed by atoms with Crippen LogP contribution in [-0.4, -0.2) is 76.4 Å². The van der Waals surface area contributed by atoms with Crippen LogP contribution in [0.3, 0.4) is 0 Å². The van der Waals surface area contributed by atoms with Crippen molar-refractivity contribution in [2.75, 3.05) is 18.2 Å². The molecule has 254 valence electrons. The van der Waals surface area contributed by atoms with Crippen LogP contribution in [-0.2, 0) is 48.5 Å². The molecule has 0 aliphatic carbocycles. The Bertz CT molecular complexity index is 1950. The highest BCUT2D eigenvalue weighted by atomic mass is 32.2. The van der Waals surface area contributed by atoms with E-state index < -0.39 is 41.8 Å². The molecule has 0 spiro atoms. The molecule has 3 aromatic rings. The summed E-state index contributed by atoms with van der Waals surface area (Å²) in [4.78, 5) is 12.5.